The maximum absolute atomic E-state index is 13.0. The average Bonchev–Trinajstić information content (AvgIpc) is 3.28. The molecule has 0 saturated carbocycles. The molecule has 33 heavy (non-hydrogen) atoms. The van der Waals surface area contributed by atoms with Gasteiger partial charge in [0.05, 0.1) is 22.5 Å². The number of hydrogen-bond donors (Lipinski definition) is 2. The summed E-state index contributed by atoms with van der Waals surface area (Å²) >= 11 is 0. The predicted molar refractivity (Wildman–Crippen MR) is 130 cm³/mol. The molecular weight excluding hydrogens is 436 g/mol. The van der Waals surface area contributed by atoms with E-state index < -0.39 is 10.0 Å². The smallest absolute Gasteiger partial charge is 0.268 e. The van der Waals surface area contributed by atoms with E-state index in [0.717, 1.165) is 27.5 Å². The van der Waals surface area contributed by atoms with E-state index in [1.807, 2.05) is 36.4 Å². The summed E-state index contributed by atoms with van der Waals surface area (Å²) in [5.74, 6) is 0.634. The first kappa shape index (κ1) is 20.9. The highest BCUT2D eigenvalue weighted by atomic mass is 32.2. The second-order valence-corrected chi connectivity index (χ2v) is 9.23. The second-order valence-electron chi connectivity index (χ2n) is 7.41. The standard InChI is InChI=1S/C25H20N4O3S/c30-14-4-5-18-8-10-23-22(15-18)25(27-17-26-23)28-20-9-11-24-19(16-20)12-13-29(24)33(31,32)21-6-2-1-3-7-21/h1-13,15-17,30H,14H2,(H,26,27,28). The van der Waals surface area contributed by atoms with Crippen LogP contribution in [0.4, 0.5) is 11.5 Å². The van der Waals surface area contributed by atoms with Crippen LogP contribution in [0.5, 0.6) is 0 Å². The lowest BCUT2D eigenvalue weighted by atomic mass is 10.1. The fraction of sp³-hybridized carbons (Fsp3) is 0.0400. The summed E-state index contributed by atoms with van der Waals surface area (Å²) in [7, 11) is -3.68. The van der Waals surface area contributed by atoms with E-state index in [2.05, 4.69) is 15.3 Å². The first-order valence-electron chi connectivity index (χ1n) is 10.3. The van der Waals surface area contributed by atoms with Gasteiger partial charge in [0, 0.05) is 22.7 Å². The van der Waals surface area contributed by atoms with Gasteiger partial charge in [-0.2, -0.15) is 0 Å². The van der Waals surface area contributed by atoms with Gasteiger partial charge in [-0.15, -0.1) is 0 Å². The van der Waals surface area contributed by atoms with Crippen molar-refractivity contribution in [3.05, 3.63) is 97.0 Å². The molecule has 5 rings (SSSR count). The summed E-state index contributed by atoms with van der Waals surface area (Å²) < 4.78 is 27.4. The Bertz CT molecular complexity index is 1590. The average molecular weight is 457 g/mol. The molecule has 0 atom stereocenters. The number of aromatic nitrogens is 3. The van der Waals surface area contributed by atoms with Gasteiger partial charge in [0.15, 0.2) is 0 Å². The maximum Gasteiger partial charge on any atom is 0.268 e. The summed E-state index contributed by atoms with van der Waals surface area (Å²) in [5, 5.41) is 14.0. The van der Waals surface area contributed by atoms with Gasteiger partial charge in [0.25, 0.3) is 10.0 Å². The number of nitrogens with zero attached hydrogens (tertiary/aromatic N) is 3. The number of nitrogens with one attached hydrogen (secondary N) is 1. The molecule has 5 aromatic rings. The zero-order chi connectivity index (χ0) is 22.8. The minimum absolute atomic E-state index is 0.0336. The van der Waals surface area contributed by atoms with Gasteiger partial charge < -0.3 is 10.4 Å². The number of anilines is 2. The highest BCUT2D eigenvalue weighted by Crippen LogP contribution is 2.28. The Hall–Kier alpha value is -4.01. The summed E-state index contributed by atoms with van der Waals surface area (Å²) in [6.45, 7) is -0.0336. The zero-order valence-electron chi connectivity index (χ0n) is 17.5. The summed E-state index contributed by atoms with van der Waals surface area (Å²) in [4.78, 5) is 8.95. The Balaban J connectivity index is 1.51. The normalized spacial score (nSPS) is 12.0. The molecule has 2 aromatic heterocycles. The van der Waals surface area contributed by atoms with Gasteiger partial charge >= 0.3 is 0 Å². The molecule has 0 radical (unpaired) electrons. The third-order valence-electron chi connectivity index (χ3n) is 5.29. The fourth-order valence-corrected chi connectivity index (χ4v) is 5.09. The lowest BCUT2D eigenvalue weighted by Gasteiger charge is -2.10. The van der Waals surface area contributed by atoms with Crippen molar-refractivity contribution in [1.82, 2.24) is 13.9 Å². The van der Waals surface area contributed by atoms with Crippen LogP contribution in [0.15, 0.2) is 96.3 Å². The minimum atomic E-state index is -3.68. The second kappa shape index (κ2) is 8.50. The molecule has 0 saturated heterocycles. The highest BCUT2D eigenvalue weighted by Gasteiger charge is 2.18. The van der Waals surface area contributed by atoms with Crippen LogP contribution in [0.2, 0.25) is 0 Å². The van der Waals surface area contributed by atoms with Crippen molar-refractivity contribution in [1.29, 1.82) is 0 Å². The zero-order valence-corrected chi connectivity index (χ0v) is 18.3. The van der Waals surface area contributed by atoms with Crippen LogP contribution in [0.3, 0.4) is 0 Å². The lowest BCUT2D eigenvalue weighted by Crippen LogP contribution is -2.11. The molecule has 2 N–H and O–H groups in total. The molecule has 0 aliphatic carbocycles. The SMILES string of the molecule is O=S(=O)(c1ccccc1)n1ccc2cc(Nc3ncnc4ccc(C=CCO)cc34)ccc21. The van der Waals surface area contributed by atoms with Gasteiger partial charge in [-0.1, -0.05) is 36.4 Å². The Kier molecular flexibility index (Phi) is 5.37. The number of rotatable bonds is 6. The quantitative estimate of drug-likeness (QED) is 0.388. The predicted octanol–water partition coefficient (Wildman–Crippen LogP) is 4.57. The van der Waals surface area contributed by atoms with Crippen LogP contribution in [-0.4, -0.2) is 34.1 Å². The van der Waals surface area contributed by atoms with Crippen LogP contribution in [-0.2, 0) is 10.0 Å². The third kappa shape index (κ3) is 3.97. The van der Waals surface area contributed by atoms with E-state index in [9.17, 15) is 8.42 Å². The van der Waals surface area contributed by atoms with Gasteiger partial charge in [-0.25, -0.2) is 22.4 Å². The van der Waals surface area contributed by atoms with Crippen LogP contribution < -0.4 is 5.32 Å². The number of benzene rings is 3. The molecule has 0 aliphatic heterocycles. The first-order valence-corrected chi connectivity index (χ1v) is 11.7. The third-order valence-corrected chi connectivity index (χ3v) is 7.00. The number of aliphatic hydroxyl groups is 1. The first-order chi connectivity index (χ1) is 16.1. The molecule has 164 valence electrons. The molecule has 3 aromatic carbocycles. The van der Waals surface area contributed by atoms with Gasteiger partial charge in [0.2, 0.25) is 0 Å². The van der Waals surface area contributed by atoms with E-state index in [4.69, 9.17) is 5.11 Å². The van der Waals surface area contributed by atoms with Crippen molar-refractivity contribution in [3.63, 3.8) is 0 Å². The van der Waals surface area contributed by atoms with Crippen molar-refractivity contribution in [2.24, 2.45) is 0 Å². The van der Waals surface area contributed by atoms with Crippen molar-refractivity contribution in [2.45, 2.75) is 4.90 Å². The lowest BCUT2D eigenvalue weighted by molar-refractivity contribution is 0.343. The Morgan fingerprint density at radius 3 is 2.64 bits per heavy atom. The van der Waals surface area contributed by atoms with Gasteiger partial charge in [0.1, 0.15) is 12.1 Å². The van der Waals surface area contributed by atoms with Crippen LogP contribution in [0, 0.1) is 0 Å². The molecule has 2 heterocycles. The van der Waals surface area contributed by atoms with Crippen LogP contribution in [0.1, 0.15) is 5.56 Å². The molecule has 0 unspecified atom stereocenters. The molecule has 0 fully saturated rings. The Morgan fingerprint density at radius 2 is 1.82 bits per heavy atom. The molecule has 7 nitrogen and oxygen atoms in total. The van der Waals surface area contributed by atoms with E-state index in [-0.39, 0.29) is 11.5 Å². The monoisotopic (exact) mass is 456 g/mol. The van der Waals surface area contributed by atoms with Crippen molar-refractivity contribution >= 4 is 49.4 Å². The topological polar surface area (TPSA) is 97.1 Å². The number of hydrogen-bond acceptors (Lipinski definition) is 6. The fourth-order valence-electron chi connectivity index (χ4n) is 3.71. The minimum Gasteiger partial charge on any atom is -0.392 e. The van der Waals surface area contributed by atoms with Crippen LogP contribution >= 0.6 is 0 Å². The number of aliphatic hydroxyl groups excluding tert-OH is 1. The van der Waals surface area contributed by atoms with E-state index in [1.54, 1.807) is 54.7 Å². The summed E-state index contributed by atoms with van der Waals surface area (Å²) in [6, 6.07) is 21.4. The number of fused-ring (bicyclic) bond motifs is 2. The molecule has 0 aliphatic rings. The highest BCUT2D eigenvalue weighted by molar-refractivity contribution is 7.90. The maximum atomic E-state index is 13.0. The van der Waals surface area contributed by atoms with Gasteiger partial charge in [-0.3, -0.25) is 0 Å². The molecule has 0 amide bonds. The molecule has 0 spiro atoms. The van der Waals surface area contributed by atoms with Crippen molar-refractivity contribution in [2.75, 3.05) is 11.9 Å². The van der Waals surface area contributed by atoms with E-state index in [0.29, 0.717) is 11.3 Å². The van der Waals surface area contributed by atoms with E-state index in [1.165, 1.54) is 10.3 Å². The van der Waals surface area contributed by atoms with Crippen molar-refractivity contribution in [3.8, 4) is 0 Å². The van der Waals surface area contributed by atoms with E-state index >= 15 is 0 Å². The Morgan fingerprint density at radius 1 is 0.970 bits per heavy atom. The summed E-state index contributed by atoms with van der Waals surface area (Å²) in [6.07, 6.45) is 6.56. The van der Waals surface area contributed by atoms with Gasteiger partial charge in [-0.05, 0) is 54.1 Å². The van der Waals surface area contributed by atoms with Crippen molar-refractivity contribution < 1.29 is 13.5 Å². The van der Waals surface area contributed by atoms with Crippen LogP contribution in [0.25, 0.3) is 27.9 Å². The summed E-state index contributed by atoms with van der Waals surface area (Å²) in [5.41, 5.74) is 3.07. The molecule has 0 bridgehead atoms. The molecule has 8 heteroatoms. The molecular formula is C25H20N4O3S. The largest absolute Gasteiger partial charge is 0.392 e. The Labute approximate surface area is 190 Å².